The van der Waals surface area contributed by atoms with Crippen molar-refractivity contribution in [3.8, 4) is 10.6 Å². The van der Waals surface area contributed by atoms with Gasteiger partial charge in [-0.25, -0.2) is 0 Å². The molecule has 4 aromatic rings. The Bertz CT molecular complexity index is 1050. The number of aromatic amines is 1. The van der Waals surface area contributed by atoms with Crippen molar-refractivity contribution in [1.29, 1.82) is 0 Å². The third kappa shape index (κ3) is 3.98. The SMILES string of the molecule is Cc1ccc(-c2cc(C(=O)NCc3ccccc3Cn3cccn3)n[nH]2)s1. The molecule has 0 aliphatic carbocycles. The number of benzene rings is 1. The van der Waals surface area contributed by atoms with E-state index in [1.165, 1.54) is 4.88 Å². The Morgan fingerprint density at radius 3 is 2.78 bits per heavy atom. The van der Waals surface area contributed by atoms with Crippen molar-refractivity contribution in [1.82, 2.24) is 25.3 Å². The zero-order valence-electron chi connectivity index (χ0n) is 14.8. The minimum absolute atomic E-state index is 0.195. The zero-order chi connectivity index (χ0) is 18.6. The number of H-pyrrole nitrogens is 1. The summed E-state index contributed by atoms with van der Waals surface area (Å²) in [7, 11) is 0. The first-order valence-corrected chi connectivity index (χ1v) is 9.45. The molecule has 136 valence electrons. The lowest BCUT2D eigenvalue weighted by Crippen LogP contribution is -2.24. The van der Waals surface area contributed by atoms with Crippen molar-refractivity contribution in [3.05, 3.63) is 82.6 Å². The maximum atomic E-state index is 12.5. The topological polar surface area (TPSA) is 75.6 Å². The summed E-state index contributed by atoms with van der Waals surface area (Å²) in [6.45, 7) is 3.17. The molecule has 2 N–H and O–H groups in total. The number of nitrogens with one attached hydrogen (secondary N) is 2. The van der Waals surface area contributed by atoms with E-state index in [0.717, 1.165) is 21.7 Å². The summed E-state index contributed by atoms with van der Waals surface area (Å²) in [6, 6.07) is 15.8. The molecular weight excluding hydrogens is 358 g/mol. The quantitative estimate of drug-likeness (QED) is 0.539. The Labute approximate surface area is 160 Å². The van der Waals surface area contributed by atoms with Crippen LogP contribution < -0.4 is 5.32 Å². The summed E-state index contributed by atoms with van der Waals surface area (Å²) < 4.78 is 1.86. The zero-order valence-corrected chi connectivity index (χ0v) is 15.7. The average Bonchev–Trinajstić information content (AvgIpc) is 3.42. The van der Waals surface area contributed by atoms with E-state index in [1.807, 2.05) is 41.2 Å². The molecule has 3 heterocycles. The first-order chi connectivity index (χ1) is 13.2. The van der Waals surface area contributed by atoms with Gasteiger partial charge in [0.1, 0.15) is 0 Å². The molecule has 0 atom stereocenters. The monoisotopic (exact) mass is 377 g/mol. The van der Waals surface area contributed by atoms with Crippen LogP contribution in [0.1, 0.15) is 26.5 Å². The van der Waals surface area contributed by atoms with Gasteiger partial charge in [0.25, 0.3) is 5.91 Å². The van der Waals surface area contributed by atoms with Crippen molar-refractivity contribution < 1.29 is 4.79 Å². The number of nitrogens with zero attached hydrogens (tertiary/aromatic N) is 3. The van der Waals surface area contributed by atoms with Crippen molar-refractivity contribution in [2.75, 3.05) is 0 Å². The molecule has 7 heteroatoms. The van der Waals surface area contributed by atoms with Gasteiger partial charge >= 0.3 is 0 Å². The van der Waals surface area contributed by atoms with Gasteiger partial charge in [0.2, 0.25) is 0 Å². The maximum absolute atomic E-state index is 12.5. The van der Waals surface area contributed by atoms with Crippen molar-refractivity contribution in [2.45, 2.75) is 20.0 Å². The lowest BCUT2D eigenvalue weighted by Gasteiger charge is -2.10. The van der Waals surface area contributed by atoms with Crippen LogP contribution in [0.5, 0.6) is 0 Å². The second-order valence-electron chi connectivity index (χ2n) is 6.23. The molecule has 4 rings (SSSR count). The molecule has 0 saturated heterocycles. The summed E-state index contributed by atoms with van der Waals surface area (Å²) in [6.07, 6.45) is 3.68. The summed E-state index contributed by atoms with van der Waals surface area (Å²) in [4.78, 5) is 14.8. The van der Waals surface area contributed by atoms with Crippen LogP contribution in [-0.2, 0) is 13.1 Å². The third-order valence-corrected chi connectivity index (χ3v) is 5.30. The van der Waals surface area contributed by atoms with E-state index >= 15 is 0 Å². The highest BCUT2D eigenvalue weighted by Crippen LogP contribution is 2.26. The first-order valence-electron chi connectivity index (χ1n) is 8.63. The van der Waals surface area contributed by atoms with Gasteiger partial charge in [0.15, 0.2) is 5.69 Å². The molecule has 0 fully saturated rings. The number of thiophene rings is 1. The first kappa shape index (κ1) is 17.2. The Hall–Kier alpha value is -3.19. The summed E-state index contributed by atoms with van der Waals surface area (Å²) >= 11 is 1.67. The number of aryl methyl sites for hydroxylation is 1. The molecule has 0 spiro atoms. The maximum Gasteiger partial charge on any atom is 0.272 e. The number of aromatic nitrogens is 4. The second kappa shape index (κ2) is 7.59. The summed E-state index contributed by atoms with van der Waals surface area (Å²) in [5.74, 6) is -0.195. The van der Waals surface area contributed by atoms with Crippen LogP contribution in [0.25, 0.3) is 10.6 Å². The fourth-order valence-electron chi connectivity index (χ4n) is 2.86. The normalized spacial score (nSPS) is 10.9. The van der Waals surface area contributed by atoms with Crippen molar-refractivity contribution >= 4 is 17.2 Å². The van der Waals surface area contributed by atoms with Crippen LogP contribution in [0.3, 0.4) is 0 Å². The average molecular weight is 377 g/mol. The lowest BCUT2D eigenvalue weighted by molar-refractivity contribution is 0.0946. The van der Waals surface area contributed by atoms with Crippen LogP contribution in [0, 0.1) is 6.92 Å². The molecule has 0 bridgehead atoms. The van der Waals surface area contributed by atoms with Gasteiger partial charge < -0.3 is 5.32 Å². The molecule has 0 radical (unpaired) electrons. The fraction of sp³-hybridized carbons (Fsp3) is 0.150. The molecule has 27 heavy (non-hydrogen) atoms. The minimum atomic E-state index is -0.195. The van der Waals surface area contributed by atoms with E-state index in [4.69, 9.17) is 0 Å². The smallest absolute Gasteiger partial charge is 0.272 e. The van der Waals surface area contributed by atoms with Crippen molar-refractivity contribution in [3.63, 3.8) is 0 Å². The lowest BCUT2D eigenvalue weighted by atomic mass is 10.1. The Balaban J connectivity index is 1.43. The standard InChI is InChI=1S/C20H19N5OS/c1-14-7-8-19(27-14)17-11-18(24-23-17)20(26)21-12-15-5-2-3-6-16(15)13-25-10-4-9-22-25/h2-11H,12-13H2,1H3,(H,21,26)(H,23,24). The number of hydrogen-bond donors (Lipinski definition) is 2. The van der Waals surface area contributed by atoms with Gasteiger partial charge in [-0.1, -0.05) is 24.3 Å². The Kier molecular flexibility index (Phi) is 4.84. The fourth-order valence-corrected chi connectivity index (χ4v) is 3.70. The van der Waals surface area contributed by atoms with E-state index in [9.17, 15) is 4.79 Å². The number of hydrogen-bond acceptors (Lipinski definition) is 4. The molecule has 0 saturated carbocycles. The van der Waals surface area contributed by atoms with E-state index < -0.39 is 0 Å². The van der Waals surface area contributed by atoms with Crippen LogP contribution in [0.4, 0.5) is 0 Å². The molecule has 1 aromatic carbocycles. The van der Waals surface area contributed by atoms with E-state index in [0.29, 0.717) is 18.8 Å². The van der Waals surface area contributed by atoms with E-state index in [-0.39, 0.29) is 5.91 Å². The number of carbonyl (C=O) groups excluding carboxylic acids is 1. The number of rotatable bonds is 6. The van der Waals surface area contributed by atoms with Crippen LogP contribution in [0.15, 0.2) is 60.9 Å². The second-order valence-corrected chi connectivity index (χ2v) is 7.52. The predicted molar refractivity (Wildman–Crippen MR) is 106 cm³/mol. The van der Waals surface area contributed by atoms with Gasteiger partial charge in [0.05, 0.1) is 17.1 Å². The van der Waals surface area contributed by atoms with Gasteiger partial charge in [0, 0.05) is 23.8 Å². The molecule has 0 aliphatic rings. The number of amides is 1. The molecule has 3 aromatic heterocycles. The van der Waals surface area contributed by atoms with Crippen LogP contribution in [0.2, 0.25) is 0 Å². The number of carbonyl (C=O) groups is 1. The highest BCUT2D eigenvalue weighted by molar-refractivity contribution is 7.15. The van der Waals surface area contributed by atoms with Gasteiger partial charge in [-0.3, -0.25) is 14.6 Å². The van der Waals surface area contributed by atoms with Crippen molar-refractivity contribution in [2.24, 2.45) is 0 Å². The molecule has 6 nitrogen and oxygen atoms in total. The molecular formula is C20H19N5OS. The molecule has 1 amide bonds. The Morgan fingerprint density at radius 1 is 1.19 bits per heavy atom. The highest BCUT2D eigenvalue weighted by atomic mass is 32.1. The molecule has 0 aliphatic heterocycles. The van der Waals surface area contributed by atoms with E-state index in [2.05, 4.69) is 39.7 Å². The Morgan fingerprint density at radius 2 is 2.04 bits per heavy atom. The predicted octanol–water partition coefficient (Wildman–Crippen LogP) is 3.62. The summed E-state index contributed by atoms with van der Waals surface area (Å²) in [5, 5.41) is 14.3. The van der Waals surface area contributed by atoms with E-state index in [1.54, 1.807) is 23.6 Å². The molecule has 0 unspecified atom stereocenters. The van der Waals surface area contributed by atoms with Gasteiger partial charge in [-0.2, -0.15) is 10.2 Å². The van der Waals surface area contributed by atoms with Crippen LogP contribution >= 0.6 is 11.3 Å². The van der Waals surface area contributed by atoms with Crippen LogP contribution in [-0.4, -0.2) is 25.9 Å². The highest BCUT2D eigenvalue weighted by Gasteiger charge is 2.13. The largest absolute Gasteiger partial charge is 0.347 e. The van der Waals surface area contributed by atoms with Gasteiger partial charge in [-0.15, -0.1) is 11.3 Å². The van der Waals surface area contributed by atoms with Gasteiger partial charge in [-0.05, 0) is 42.3 Å². The summed E-state index contributed by atoms with van der Waals surface area (Å²) in [5.41, 5.74) is 3.43. The third-order valence-electron chi connectivity index (χ3n) is 4.27. The minimum Gasteiger partial charge on any atom is -0.347 e.